The number of anilines is 1. The van der Waals surface area contributed by atoms with Crippen LogP contribution in [0.5, 0.6) is 5.75 Å². The van der Waals surface area contributed by atoms with Gasteiger partial charge in [-0.05, 0) is 117 Å². The normalized spacial score (nSPS) is 19.1. The van der Waals surface area contributed by atoms with Crippen LogP contribution in [-0.2, 0) is 30.9 Å². The number of nitrogens with zero attached hydrogens (tertiary/aromatic N) is 5. The van der Waals surface area contributed by atoms with Gasteiger partial charge in [-0.3, -0.25) is 4.79 Å². The summed E-state index contributed by atoms with van der Waals surface area (Å²) in [4.78, 5) is 25.0. The first-order chi connectivity index (χ1) is 32.7. The summed E-state index contributed by atoms with van der Waals surface area (Å²) in [6, 6.07) is 21.0. The maximum atomic E-state index is 13.9. The lowest BCUT2D eigenvalue weighted by molar-refractivity contribution is -0.133. The molecule has 0 atom stereocenters. The number of amides is 2. The van der Waals surface area contributed by atoms with Crippen LogP contribution in [0.2, 0.25) is 0 Å². The first-order valence-corrected chi connectivity index (χ1v) is 25.0. The number of urea groups is 1. The Bertz CT molecular complexity index is 2730. The molecule has 2 amide bonds. The topological polar surface area (TPSA) is 191 Å². The van der Waals surface area contributed by atoms with Crippen molar-refractivity contribution in [1.29, 1.82) is 0 Å². The van der Waals surface area contributed by atoms with E-state index in [1.807, 2.05) is 18.2 Å². The van der Waals surface area contributed by atoms with Crippen LogP contribution < -0.4 is 15.4 Å². The minimum atomic E-state index is -4.20. The minimum Gasteiger partial charge on any atom is -0.426 e. The standard InChI is InChI=1S/C20H21F3N4O3S.C15H18F3NO2S.C12H10N2O2.CH4/c21-15-2-1-3-17(10-15)31(29,30)19(12-20(22,23)13-19)14-5-8-27(9-6-14)18(28)26-16-4-7-24-25-11-16;16-12-2-1-3-13(8-12)22(20,21)14(9-15(17,18)10-14)11-4-6-19-7-5-11;15-12(8-10-6-7-13-14-9-10)16-11-4-2-1-3-5-11;/h1-4,7,10-11,14H,5-6,8-9,12-13H2,(H,24,26,28);1-3,8,11,19H,4-7,9-10H2;1-7,9H,8H2;1H4. The fourth-order valence-corrected chi connectivity index (χ4v) is 14.5. The van der Waals surface area contributed by atoms with Crippen LogP contribution in [0.3, 0.4) is 0 Å². The number of esters is 1. The van der Waals surface area contributed by atoms with E-state index < -0.39 is 84.2 Å². The number of piperidine rings is 2. The maximum Gasteiger partial charge on any atom is 0.321 e. The number of sulfone groups is 2. The number of likely N-dealkylation sites (tertiary alicyclic amines) is 1. The third kappa shape index (κ3) is 12.1. The fourth-order valence-electron chi connectivity index (χ4n) is 9.55. The van der Waals surface area contributed by atoms with E-state index in [-0.39, 0.29) is 67.5 Å². The second kappa shape index (κ2) is 22.0. The number of benzene rings is 3. The fraction of sp³-hybridized carbons (Fsp3) is 0.417. The van der Waals surface area contributed by atoms with Crippen LogP contribution in [0.15, 0.2) is 126 Å². The second-order valence-electron chi connectivity index (χ2n) is 17.5. The number of ether oxygens (including phenoxy) is 1. The quantitative estimate of drug-likeness (QED) is 0.0772. The summed E-state index contributed by atoms with van der Waals surface area (Å²) >= 11 is 0. The molecule has 2 aromatic heterocycles. The Hall–Kier alpha value is -6.00. The van der Waals surface area contributed by atoms with Gasteiger partial charge in [-0.15, -0.1) is 0 Å². The number of carbonyl (C=O) groups is 2. The van der Waals surface area contributed by atoms with Crippen molar-refractivity contribution in [2.24, 2.45) is 11.8 Å². The van der Waals surface area contributed by atoms with E-state index in [9.17, 15) is 52.8 Å². The van der Waals surface area contributed by atoms with Crippen molar-refractivity contribution in [1.82, 2.24) is 30.6 Å². The lowest BCUT2D eigenvalue weighted by Crippen LogP contribution is -2.62. The average molecular weight is 1020 g/mol. The van der Waals surface area contributed by atoms with Gasteiger partial charge in [-0.2, -0.15) is 20.4 Å². The smallest absolute Gasteiger partial charge is 0.321 e. The monoisotopic (exact) mass is 1020 g/mol. The Labute approximate surface area is 402 Å². The Morgan fingerprint density at radius 3 is 1.61 bits per heavy atom. The van der Waals surface area contributed by atoms with Gasteiger partial charge in [0.15, 0.2) is 19.7 Å². The molecule has 0 spiro atoms. The largest absolute Gasteiger partial charge is 0.426 e. The molecule has 2 N–H and O–H groups in total. The van der Waals surface area contributed by atoms with Gasteiger partial charge in [0.1, 0.15) is 17.4 Å². The molecule has 0 radical (unpaired) electrons. The van der Waals surface area contributed by atoms with Crippen molar-refractivity contribution >= 4 is 37.4 Å². The first kappa shape index (κ1) is 53.4. The van der Waals surface area contributed by atoms with Crippen molar-refractivity contribution in [2.45, 2.75) is 96.3 Å². The molecule has 22 heteroatoms. The van der Waals surface area contributed by atoms with Crippen molar-refractivity contribution in [3.8, 4) is 5.75 Å². The predicted octanol–water partition coefficient (Wildman–Crippen LogP) is 8.53. The molecule has 0 bridgehead atoms. The zero-order chi connectivity index (χ0) is 49.5. The lowest BCUT2D eigenvalue weighted by Gasteiger charge is -2.52. The number of hydrogen-bond donors (Lipinski definition) is 2. The van der Waals surface area contributed by atoms with E-state index in [4.69, 9.17) is 4.74 Å². The van der Waals surface area contributed by atoms with Crippen LogP contribution in [0.25, 0.3) is 0 Å². The molecule has 70 heavy (non-hydrogen) atoms. The van der Waals surface area contributed by atoms with Gasteiger partial charge in [0.05, 0.1) is 50.0 Å². The van der Waals surface area contributed by atoms with Gasteiger partial charge >= 0.3 is 12.0 Å². The summed E-state index contributed by atoms with van der Waals surface area (Å²) in [5.74, 6) is -8.08. The highest BCUT2D eigenvalue weighted by Gasteiger charge is 2.68. The van der Waals surface area contributed by atoms with Gasteiger partial charge < -0.3 is 20.3 Å². The number of carbonyl (C=O) groups excluding carboxylic acids is 2. The number of aromatic nitrogens is 4. The predicted molar refractivity (Wildman–Crippen MR) is 246 cm³/mol. The summed E-state index contributed by atoms with van der Waals surface area (Å²) in [6.07, 6.45) is 4.81. The Balaban J connectivity index is 0.000000181. The number of halogens is 6. The number of para-hydroxylation sites is 1. The van der Waals surface area contributed by atoms with E-state index in [1.165, 1.54) is 41.6 Å². The van der Waals surface area contributed by atoms with Crippen LogP contribution in [0, 0.1) is 23.5 Å². The maximum absolute atomic E-state index is 13.9. The molecule has 0 unspecified atom stereocenters. The molecule has 2 saturated heterocycles. The van der Waals surface area contributed by atoms with Crippen molar-refractivity contribution in [3.63, 3.8) is 0 Å². The molecular formula is C48H53F6N7O7S2. The van der Waals surface area contributed by atoms with Crippen LogP contribution >= 0.6 is 0 Å². The van der Waals surface area contributed by atoms with Crippen molar-refractivity contribution < 1.29 is 57.5 Å². The first-order valence-electron chi connectivity index (χ1n) is 22.1. The van der Waals surface area contributed by atoms with E-state index >= 15 is 0 Å². The molecule has 2 aliphatic heterocycles. The summed E-state index contributed by atoms with van der Waals surface area (Å²) in [5, 5.41) is 20.4. The van der Waals surface area contributed by atoms with Gasteiger partial charge in [-0.25, -0.2) is 48.0 Å². The molecule has 2 saturated carbocycles. The number of hydrogen-bond acceptors (Lipinski definition) is 12. The molecule has 5 aromatic rings. The van der Waals surface area contributed by atoms with E-state index in [0.29, 0.717) is 37.4 Å². The molecule has 9 rings (SSSR count). The molecule has 4 fully saturated rings. The SMILES string of the molecule is C.O=C(Cc1ccnnc1)Oc1ccccc1.O=C(Nc1ccnnc1)N1CCC(C2(S(=O)(=O)c3cccc(F)c3)CC(F)(F)C2)CC1.O=S(=O)(c1cccc(F)c1)C1(C2CCNCC2)CC(F)(F)C1. The van der Waals surface area contributed by atoms with Gasteiger partial charge in [-0.1, -0.05) is 37.8 Å². The van der Waals surface area contributed by atoms with Gasteiger partial charge in [0.25, 0.3) is 11.8 Å². The van der Waals surface area contributed by atoms with Gasteiger partial charge in [0.2, 0.25) is 0 Å². The highest BCUT2D eigenvalue weighted by Crippen LogP contribution is 2.59. The molecule has 3 aromatic carbocycles. The zero-order valence-electron chi connectivity index (χ0n) is 37.0. The van der Waals surface area contributed by atoms with Gasteiger partial charge in [0, 0.05) is 45.0 Å². The lowest BCUT2D eigenvalue weighted by atomic mass is 9.68. The average Bonchev–Trinajstić information content (AvgIpc) is 3.31. The van der Waals surface area contributed by atoms with Crippen molar-refractivity contribution in [3.05, 3.63) is 133 Å². The summed E-state index contributed by atoms with van der Waals surface area (Å²) < 4.78 is 137. The third-order valence-electron chi connectivity index (χ3n) is 12.9. The number of rotatable bonds is 10. The molecule has 4 aliphatic rings. The van der Waals surface area contributed by atoms with Crippen molar-refractivity contribution in [2.75, 3.05) is 31.5 Å². The minimum absolute atomic E-state index is 0. The van der Waals surface area contributed by atoms with E-state index in [1.54, 1.807) is 36.7 Å². The Kier molecular flexibility index (Phi) is 16.7. The Morgan fingerprint density at radius 1 is 0.657 bits per heavy atom. The summed E-state index contributed by atoms with van der Waals surface area (Å²) in [7, 11) is -8.20. The molecule has 376 valence electrons. The highest BCUT2D eigenvalue weighted by molar-refractivity contribution is 7.93. The highest BCUT2D eigenvalue weighted by atomic mass is 32.2. The number of nitrogens with one attached hydrogen (secondary N) is 2. The summed E-state index contributed by atoms with van der Waals surface area (Å²) in [5.41, 5.74) is 1.25. The number of alkyl halides is 4. The summed E-state index contributed by atoms with van der Waals surface area (Å²) in [6.45, 7) is 1.69. The third-order valence-corrected chi connectivity index (χ3v) is 18.1. The molecule has 14 nitrogen and oxygen atoms in total. The van der Waals surface area contributed by atoms with E-state index in [0.717, 1.165) is 29.8 Å². The zero-order valence-corrected chi connectivity index (χ0v) is 38.6. The van der Waals surface area contributed by atoms with Crippen LogP contribution in [0.4, 0.5) is 36.8 Å². The van der Waals surface area contributed by atoms with E-state index in [2.05, 4.69) is 31.0 Å². The second-order valence-corrected chi connectivity index (χ2v) is 22.1. The Morgan fingerprint density at radius 2 is 1.16 bits per heavy atom. The molecular weight excluding hydrogens is 965 g/mol. The molecule has 2 aliphatic carbocycles. The van der Waals surface area contributed by atoms with Crippen LogP contribution in [0.1, 0.15) is 64.4 Å². The van der Waals surface area contributed by atoms with Crippen LogP contribution in [-0.4, -0.2) is 102 Å². The molecule has 4 heterocycles.